The molecule has 0 unspecified atom stereocenters. The number of nitrogens with one attached hydrogen (secondary N) is 9. The predicted octanol–water partition coefficient (Wildman–Crippen LogP) is 13.9. The lowest BCUT2D eigenvalue weighted by atomic mass is 9.98. The summed E-state index contributed by atoms with van der Waals surface area (Å²) in [7, 11) is -4.01. The van der Waals surface area contributed by atoms with Crippen molar-refractivity contribution in [2.75, 3.05) is 79.5 Å². The Bertz CT molecular complexity index is 8300. The summed E-state index contributed by atoms with van der Waals surface area (Å²) in [5, 5.41) is 21.6. The molecule has 5 atom stereocenters. The second kappa shape index (κ2) is 44.4. The van der Waals surface area contributed by atoms with Gasteiger partial charge in [0.2, 0.25) is 26.0 Å². The van der Waals surface area contributed by atoms with Gasteiger partial charge in [0.1, 0.15) is 11.6 Å². The van der Waals surface area contributed by atoms with Gasteiger partial charge >= 0.3 is 0 Å². The Kier molecular flexibility index (Phi) is 31.5. The molecule has 5 fully saturated rings. The third-order valence-electron chi connectivity index (χ3n) is 28.3. The number of hydrogen-bond donors (Lipinski definition) is 9. The maximum Gasteiger partial charge on any atom is 0.275 e. The molecule has 15 heterocycles. The van der Waals surface area contributed by atoms with E-state index in [0.29, 0.717) is 158 Å². The molecule has 43 heteroatoms. The molecule has 149 heavy (non-hydrogen) atoms. The summed E-state index contributed by atoms with van der Waals surface area (Å²) in [4.78, 5) is 173. The van der Waals surface area contributed by atoms with Crippen molar-refractivity contribution in [2.24, 2.45) is 0 Å². The number of H-pyrrole nitrogens is 5. The number of ether oxygens (including phenoxy) is 1. The molecular weight excluding hydrogens is 1950 g/mol. The Hall–Kier alpha value is -16.0. The van der Waals surface area contributed by atoms with Gasteiger partial charge in [-0.15, -0.1) is 0 Å². The Morgan fingerprint density at radius 2 is 0.631 bits per heavy atom. The number of likely N-dealkylation sites (tertiary alicyclic amines) is 5. The van der Waals surface area contributed by atoms with Gasteiger partial charge in [-0.1, -0.05) is 42.5 Å². The average Bonchev–Trinajstić information content (AvgIpc) is 1.64. The van der Waals surface area contributed by atoms with Crippen molar-refractivity contribution in [3.8, 4) is 5.75 Å². The van der Waals surface area contributed by atoms with Crippen molar-refractivity contribution in [2.45, 2.75) is 203 Å². The number of aryl methyl sites for hydroxylation is 5. The van der Waals surface area contributed by atoms with E-state index >= 15 is 0 Å². The normalized spacial score (nSPS) is 17.0. The number of nitrogens with zero attached hydrogens (tertiary/aromatic N) is 15. The number of amides is 6. The van der Waals surface area contributed by atoms with E-state index in [4.69, 9.17) is 4.74 Å². The first-order valence-corrected chi connectivity index (χ1v) is 53.5. The Balaban J connectivity index is 0.000000133. The summed E-state index contributed by atoms with van der Waals surface area (Å²) >= 11 is 0. The number of anilines is 4. The molecule has 5 saturated heterocycles. The summed E-state index contributed by atoms with van der Waals surface area (Å²) in [6.45, 7) is 22.2. The lowest BCUT2D eigenvalue weighted by Gasteiger charge is -2.35. The molecule has 0 spiro atoms. The second-order valence-electron chi connectivity index (χ2n) is 38.5. The lowest BCUT2D eigenvalue weighted by molar-refractivity contribution is -0.114. The number of sulfonamides is 2. The number of aromatic amines is 5. The standard InChI is InChI=1S/C22H27N5O5S.C22H25N5O3.C21H24FN5O4S.C21H25N5O2.C20H22N4O2/c1-13-14(2)23-20-12-18(24-27(20)21(13)28)19-7-5-6-10-26(19)22(29)16-11-15(32-3)8-9-17(16)25-33(4,30)31;1-13-14(2)23-20-12-18(25-27(20)21(13)29)19-10-6-7-11-26(19)22(30)16-8-4-5-9-17(16)24-15(3)28;1-12-13(2)23-19-11-17(24-27(19)20(12)28)18-6-4-5-9-26(18)21(29)15-8-7-14(22)10-16(15)25-32(3,30)31;1-13-14(2)23-19-12-17(24-26(19)20(13)27)18-10-6-7-11-25(18)21(28)15-8-4-5-9-16(15)22-3;1-13-14(2)21-18-12-16(22-24(18)19(13)25)17-10-6-7-11-23(17)20(26)15-8-4-3-5-9-15/h8-9,11-12,19,24-25H,5-7,10H2,1-4H3;4-5,8-9,12,19,25H,6-7,10-11H2,1-3H3,(H,24,28);7-8,10-11,18,24-25H,4-6,9H2,1-3H3;4-5,8-9,12,18,22,24H,6-7,10-11H2,1-3H3;3-5,8-9,12,17,22H,6-7,10-11H2,1-2H3/t2*19-;2*18-;17-/m00000/s1. The van der Waals surface area contributed by atoms with E-state index in [0.717, 1.165) is 142 Å². The molecule has 10 aromatic heterocycles. The van der Waals surface area contributed by atoms with Crippen molar-refractivity contribution >= 4 is 106 Å². The number of carbonyl (C=O) groups is 6. The van der Waals surface area contributed by atoms with Crippen LogP contribution in [0.25, 0.3) is 28.2 Å². The van der Waals surface area contributed by atoms with Crippen LogP contribution in [0, 0.1) is 75.1 Å². The zero-order chi connectivity index (χ0) is 107. The summed E-state index contributed by atoms with van der Waals surface area (Å²) in [5.74, 6) is -1.30. The highest BCUT2D eigenvalue weighted by Gasteiger charge is 2.39. The maximum absolute atomic E-state index is 13.8. The fraction of sp³-hybridized carbons (Fsp3) is 0.377. The third-order valence-corrected chi connectivity index (χ3v) is 29.5. The third kappa shape index (κ3) is 22.8. The molecule has 0 radical (unpaired) electrons. The van der Waals surface area contributed by atoms with Crippen LogP contribution in [0.15, 0.2) is 170 Å². The van der Waals surface area contributed by atoms with Crippen LogP contribution in [0.2, 0.25) is 0 Å². The van der Waals surface area contributed by atoms with Gasteiger partial charge in [0.05, 0.1) is 118 Å². The van der Waals surface area contributed by atoms with Crippen molar-refractivity contribution in [1.82, 2.24) is 97.5 Å². The number of aromatic nitrogens is 15. The van der Waals surface area contributed by atoms with Gasteiger partial charge in [-0.3, -0.25) is 87.7 Å². The van der Waals surface area contributed by atoms with Crippen molar-refractivity contribution < 1.29 is 54.7 Å². The minimum absolute atomic E-state index is 0.000901. The Morgan fingerprint density at radius 1 is 0.342 bits per heavy atom. The SMILES string of the molecule is CC(=O)Nc1ccccc1C(=O)N1CCCC[C@H]1c1cc2nc(C)c(C)c(=O)n2[nH]1.CNc1ccccc1C(=O)N1CCCC[C@H]1c1cc2nc(C)c(C)c(=O)n2[nH]1.COc1ccc(NS(C)(=O)=O)c(C(=O)N2CCCC[C@H]2c2cc3nc(C)c(C)c(=O)n3[nH]2)c1.Cc1nc2cc([C@@H]3CCCCN3C(=O)c3ccc(F)cc3NS(C)(=O)=O)[nH]n2c(=O)c1C.Cc1nc2cc([C@@H]3CCCCN3C(=O)c3ccccc3)[nH]n2c(=O)c1C. The number of benzene rings is 5. The van der Waals surface area contributed by atoms with Crippen LogP contribution in [0.4, 0.5) is 27.1 Å². The molecule has 20 rings (SSSR count). The van der Waals surface area contributed by atoms with Gasteiger partial charge in [0, 0.05) is 145 Å². The Labute approximate surface area is 857 Å². The van der Waals surface area contributed by atoms with E-state index in [2.05, 4.69) is 70.5 Å². The first-order chi connectivity index (χ1) is 71.1. The van der Waals surface area contributed by atoms with Gasteiger partial charge in [0.25, 0.3) is 57.3 Å². The molecule has 0 saturated carbocycles. The largest absolute Gasteiger partial charge is 0.497 e. The van der Waals surface area contributed by atoms with E-state index in [1.807, 2.05) is 115 Å². The fourth-order valence-electron chi connectivity index (χ4n) is 19.9. The highest BCUT2D eigenvalue weighted by atomic mass is 32.2. The van der Waals surface area contributed by atoms with Crippen LogP contribution in [0.5, 0.6) is 5.75 Å². The molecule has 15 aromatic rings. The summed E-state index contributed by atoms with van der Waals surface area (Å²) in [6.07, 6.45) is 15.2. The maximum atomic E-state index is 13.8. The van der Waals surface area contributed by atoms with E-state index in [1.54, 1.807) is 101 Å². The molecule has 6 amide bonds. The van der Waals surface area contributed by atoms with Gasteiger partial charge in [0.15, 0.2) is 28.2 Å². The number of carbonyl (C=O) groups excluding carboxylic acids is 6. The molecule has 0 aliphatic carbocycles. The van der Waals surface area contributed by atoms with Crippen molar-refractivity contribution in [3.63, 3.8) is 0 Å². The van der Waals surface area contributed by atoms with Gasteiger partial charge < -0.3 is 39.9 Å². The lowest BCUT2D eigenvalue weighted by Crippen LogP contribution is -2.39. The van der Waals surface area contributed by atoms with Gasteiger partial charge in [-0.05, 0) is 238 Å². The number of methoxy groups -OCH3 is 1. The molecule has 5 aliphatic rings. The number of halogens is 1. The van der Waals surface area contributed by atoms with Crippen molar-refractivity contribution in [1.29, 1.82) is 0 Å². The first kappa shape index (κ1) is 106. The zero-order valence-corrected chi connectivity index (χ0v) is 87.5. The van der Waals surface area contributed by atoms with Crippen LogP contribution in [-0.4, -0.2) is 209 Å². The topological polar surface area (TPSA) is 495 Å². The number of para-hydroxylation sites is 2. The van der Waals surface area contributed by atoms with Crippen LogP contribution >= 0.6 is 0 Å². The van der Waals surface area contributed by atoms with E-state index in [9.17, 15) is 74.0 Å². The second-order valence-corrected chi connectivity index (χ2v) is 41.9. The molecular formula is C106H123FN24O16S2. The smallest absolute Gasteiger partial charge is 0.275 e. The summed E-state index contributed by atoms with van der Waals surface area (Å²) < 4.78 is 78.1. The predicted molar refractivity (Wildman–Crippen MR) is 564 cm³/mol. The number of fused-ring (bicyclic) bond motifs is 5. The number of piperidine rings is 5. The number of hydrogen-bond acceptors (Lipinski definition) is 22. The molecule has 9 N–H and O–H groups in total. The monoisotopic (exact) mass is 2070 g/mol. The minimum Gasteiger partial charge on any atom is -0.497 e. The highest BCUT2D eigenvalue weighted by molar-refractivity contribution is 7.92. The molecule has 5 aromatic carbocycles. The molecule has 5 aliphatic heterocycles. The van der Waals surface area contributed by atoms with Crippen LogP contribution in [-0.2, 0) is 24.8 Å². The quantitative estimate of drug-likeness (QED) is 0.0409. The molecule has 40 nitrogen and oxygen atoms in total. The molecule has 0 bridgehead atoms. The van der Waals surface area contributed by atoms with E-state index in [1.165, 1.54) is 54.8 Å². The average molecular weight is 2070 g/mol. The molecule has 782 valence electrons. The first-order valence-electron chi connectivity index (χ1n) is 49.7. The van der Waals surface area contributed by atoms with Gasteiger partial charge in [-0.2, -0.15) is 0 Å². The van der Waals surface area contributed by atoms with E-state index in [-0.39, 0.29) is 110 Å². The minimum atomic E-state index is -3.72. The number of rotatable bonds is 17. The van der Waals surface area contributed by atoms with Crippen LogP contribution in [0.1, 0.15) is 270 Å². The Morgan fingerprint density at radius 3 is 0.946 bits per heavy atom. The van der Waals surface area contributed by atoms with Gasteiger partial charge in [-0.25, -0.2) is 68.7 Å². The summed E-state index contributed by atoms with van der Waals surface area (Å²) in [5.41, 5.74) is 15.8. The fourth-order valence-corrected chi connectivity index (χ4v) is 21.0. The van der Waals surface area contributed by atoms with Crippen LogP contribution in [0.3, 0.4) is 0 Å². The van der Waals surface area contributed by atoms with E-state index < -0.39 is 31.8 Å². The highest BCUT2D eigenvalue weighted by Crippen LogP contribution is 2.41. The van der Waals surface area contributed by atoms with Crippen LogP contribution < -0.4 is 52.6 Å². The summed E-state index contributed by atoms with van der Waals surface area (Å²) in [6, 6.07) is 40.1. The van der Waals surface area contributed by atoms with Crippen molar-refractivity contribution in [3.05, 3.63) is 316 Å². The zero-order valence-electron chi connectivity index (χ0n) is 85.8.